The second-order valence-electron chi connectivity index (χ2n) is 5.29. The van der Waals surface area contributed by atoms with Crippen molar-refractivity contribution in [1.29, 1.82) is 0 Å². The summed E-state index contributed by atoms with van der Waals surface area (Å²) in [5, 5.41) is 4.52. The van der Waals surface area contributed by atoms with Gasteiger partial charge in [-0.2, -0.15) is 5.10 Å². The summed E-state index contributed by atoms with van der Waals surface area (Å²) in [5.74, 6) is 1.12. The lowest BCUT2D eigenvalue weighted by Gasteiger charge is -2.24. The van der Waals surface area contributed by atoms with E-state index in [2.05, 4.69) is 31.9 Å². The monoisotopic (exact) mass is 207 g/mol. The molecule has 0 bridgehead atoms. The Morgan fingerprint density at radius 2 is 2.13 bits per heavy atom. The normalized spacial score (nSPS) is 20.7. The smallest absolute Gasteiger partial charge is 0.0653 e. The second kappa shape index (κ2) is 3.34. The van der Waals surface area contributed by atoms with Crippen LogP contribution in [0.3, 0.4) is 0 Å². The first-order chi connectivity index (χ1) is 6.93. The zero-order valence-corrected chi connectivity index (χ0v) is 10.1. The van der Waals surface area contributed by atoms with Gasteiger partial charge in [0.25, 0.3) is 0 Å². The van der Waals surface area contributed by atoms with Crippen LogP contribution in [0.15, 0.2) is 6.07 Å². The summed E-state index contributed by atoms with van der Waals surface area (Å²) in [6.45, 7) is 6.46. The van der Waals surface area contributed by atoms with Gasteiger partial charge in [0.05, 0.1) is 16.9 Å². The van der Waals surface area contributed by atoms with Crippen molar-refractivity contribution in [2.75, 3.05) is 0 Å². The Labute approximate surface area is 91.7 Å². The Balaban J connectivity index is 2.34. The third kappa shape index (κ3) is 1.81. The molecule has 1 aromatic heterocycles. The molecule has 84 valence electrons. The van der Waals surface area contributed by atoms with Gasteiger partial charge in [-0.1, -0.05) is 13.8 Å². The van der Waals surface area contributed by atoms with E-state index in [0.717, 1.165) is 5.69 Å². The molecule has 2 N–H and O–H groups in total. The van der Waals surface area contributed by atoms with E-state index in [0.29, 0.717) is 11.8 Å². The number of aryl methyl sites for hydroxylation is 1. The number of nitrogens with two attached hydrogens (primary N) is 1. The molecule has 0 radical (unpaired) electrons. The van der Waals surface area contributed by atoms with Gasteiger partial charge in [0.1, 0.15) is 0 Å². The maximum atomic E-state index is 6.40. The van der Waals surface area contributed by atoms with Crippen LogP contribution in [0, 0.1) is 5.92 Å². The minimum Gasteiger partial charge on any atom is -0.320 e. The molecule has 2 rings (SSSR count). The quantitative estimate of drug-likeness (QED) is 0.825. The lowest BCUT2D eigenvalue weighted by atomic mass is 9.92. The molecule has 3 heteroatoms. The maximum Gasteiger partial charge on any atom is 0.0653 e. The van der Waals surface area contributed by atoms with Gasteiger partial charge in [0, 0.05) is 7.05 Å². The molecule has 0 saturated heterocycles. The zero-order chi connectivity index (χ0) is 11.2. The molecule has 0 aliphatic heterocycles. The van der Waals surface area contributed by atoms with Gasteiger partial charge in [-0.3, -0.25) is 4.68 Å². The SMILES string of the molecule is CC(C)c1cc(C(C)(N)C2CC2)n(C)n1. The molecule has 1 aliphatic carbocycles. The van der Waals surface area contributed by atoms with Crippen molar-refractivity contribution in [2.45, 2.75) is 45.1 Å². The largest absolute Gasteiger partial charge is 0.320 e. The average Bonchev–Trinajstić information content (AvgIpc) is 2.89. The van der Waals surface area contributed by atoms with Gasteiger partial charge in [0.15, 0.2) is 0 Å². The third-order valence-electron chi connectivity index (χ3n) is 3.47. The van der Waals surface area contributed by atoms with Crippen LogP contribution in [0.25, 0.3) is 0 Å². The fourth-order valence-corrected chi connectivity index (χ4v) is 2.17. The predicted octanol–water partition coefficient (Wildman–Crippen LogP) is 2.13. The fourth-order valence-electron chi connectivity index (χ4n) is 2.17. The second-order valence-corrected chi connectivity index (χ2v) is 5.29. The first-order valence-corrected chi connectivity index (χ1v) is 5.76. The van der Waals surface area contributed by atoms with Crippen molar-refractivity contribution in [2.24, 2.45) is 18.7 Å². The van der Waals surface area contributed by atoms with Crippen LogP contribution < -0.4 is 5.73 Å². The van der Waals surface area contributed by atoms with Crippen LogP contribution in [0.5, 0.6) is 0 Å². The lowest BCUT2D eigenvalue weighted by Crippen LogP contribution is -2.37. The fraction of sp³-hybridized carbons (Fsp3) is 0.750. The number of rotatable bonds is 3. The van der Waals surface area contributed by atoms with Crippen LogP contribution in [-0.4, -0.2) is 9.78 Å². The number of nitrogens with zero attached hydrogens (tertiary/aromatic N) is 2. The van der Waals surface area contributed by atoms with Crippen LogP contribution in [0.2, 0.25) is 0 Å². The Bertz CT molecular complexity index is 359. The standard InChI is InChI=1S/C12H21N3/c1-8(2)10-7-11(15(4)14-10)12(3,13)9-5-6-9/h7-9H,5-6,13H2,1-4H3. The van der Waals surface area contributed by atoms with Gasteiger partial charge in [-0.15, -0.1) is 0 Å². The highest BCUT2D eigenvalue weighted by Gasteiger charge is 2.41. The number of hydrogen-bond acceptors (Lipinski definition) is 2. The predicted molar refractivity (Wildman–Crippen MR) is 61.6 cm³/mol. The molecule has 1 saturated carbocycles. The summed E-state index contributed by atoms with van der Waals surface area (Å²) in [7, 11) is 1.99. The van der Waals surface area contributed by atoms with Gasteiger partial charge in [-0.25, -0.2) is 0 Å². The number of hydrogen-bond donors (Lipinski definition) is 1. The van der Waals surface area contributed by atoms with E-state index in [-0.39, 0.29) is 5.54 Å². The molecule has 0 aromatic carbocycles. The lowest BCUT2D eigenvalue weighted by molar-refractivity contribution is 0.394. The molecule has 1 fully saturated rings. The Morgan fingerprint density at radius 1 is 1.53 bits per heavy atom. The average molecular weight is 207 g/mol. The van der Waals surface area contributed by atoms with E-state index < -0.39 is 0 Å². The molecule has 1 aliphatic rings. The number of aromatic nitrogens is 2. The van der Waals surface area contributed by atoms with Gasteiger partial charge in [0.2, 0.25) is 0 Å². The van der Waals surface area contributed by atoms with Gasteiger partial charge in [-0.05, 0) is 37.7 Å². The Kier molecular flexibility index (Phi) is 2.38. The topological polar surface area (TPSA) is 43.8 Å². The molecule has 1 heterocycles. The molecular formula is C12H21N3. The molecule has 1 atom stereocenters. The summed E-state index contributed by atoms with van der Waals surface area (Å²) >= 11 is 0. The van der Waals surface area contributed by atoms with Crippen molar-refractivity contribution < 1.29 is 0 Å². The molecule has 1 aromatic rings. The highest BCUT2D eigenvalue weighted by Crippen LogP contribution is 2.43. The third-order valence-corrected chi connectivity index (χ3v) is 3.47. The van der Waals surface area contributed by atoms with Crippen molar-refractivity contribution in [3.05, 3.63) is 17.5 Å². The van der Waals surface area contributed by atoms with Crippen LogP contribution >= 0.6 is 0 Å². The van der Waals surface area contributed by atoms with Gasteiger partial charge >= 0.3 is 0 Å². The highest BCUT2D eigenvalue weighted by molar-refractivity contribution is 5.22. The molecular weight excluding hydrogens is 186 g/mol. The minimum absolute atomic E-state index is 0.200. The molecule has 1 unspecified atom stereocenters. The molecule has 0 amide bonds. The van der Waals surface area contributed by atoms with E-state index in [4.69, 9.17) is 5.73 Å². The zero-order valence-electron chi connectivity index (χ0n) is 10.1. The maximum absolute atomic E-state index is 6.40. The highest BCUT2D eigenvalue weighted by atomic mass is 15.3. The van der Waals surface area contributed by atoms with Crippen molar-refractivity contribution >= 4 is 0 Å². The van der Waals surface area contributed by atoms with Crippen molar-refractivity contribution in [3.8, 4) is 0 Å². The van der Waals surface area contributed by atoms with E-state index in [1.807, 2.05) is 11.7 Å². The van der Waals surface area contributed by atoms with E-state index >= 15 is 0 Å². The molecule has 15 heavy (non-hydrogen) atoms. The van der Waals surface area contributed by atoms with Crippen molar-refractivity contribution in [3.63, 3.8) is 0 Å². The van der Waals surface area contributed by atoms with Crippen LogP contribution in [0.4, 0.5) is 0 Å². The first-order valence-electron chi connectivity index (χ1n) is 5.76. The summed E-state index contributed by atoms with van der Waals surface area (Å²) in [5.41, 5.74) is 8.52. The molecule has 3 nitrogen and oxygen atoms in total. The Hall–Kier alpha value is -0.830. The van der Waals surface area contributed by atoms with Crippen LogP contribution in [0.1, 0.15) is 50.9 Å². The Morgan fingerprint density at radius 3 is 2.53 bits per heavy atom. The van der Waals surface area contributed by atoms with E-state index in [1.165, 1.54) is 18.5 Å². The van der Waals surface area contributed by atoms with Crippen LogP contribution in [-0.2, 0) is 12.6 Å². The van der Waals surface area contributed by atoms with E-state index in [9.17, 15) is 0 Å². The van der Waals surface area contributed by atoms with E-state index in [1.54, 1.807) is 0 Å². The summed E-state index contributed by atoms with van der Waals surface area (Å²) in [6, 6.07) is 2.17. The minimum atomic E-state index is -0.200. The first kappa shape index (κ1) is 10.7. The molecule has 0 spiro atoms. The van der Waals surface area contributed by atoms with Gasteiger partial charge < -0.3 is 5.73 Å². The summed E-state index contributed by atoms with van der Waals surface area (Å²) < 4.78 is 1.95. The summed E-state index contributed by atoms with van der Waals surface area (Å²) in [4.78, 5) is 0. The van der Waals surface area contributed by atoms with Crippen molar-refractivity contribution in [1.82, 2.24) is 9.78 Å². The summed E-state index contributed by atoms with van der Waals surface area (Å²) in [6.07, 6.45) is 2.52.